The van der Waals surface area contributed by atoms with Gasteiger partial charge in [-0.15, -0.1) is 0 Å². The maximum atomic E-state index is 13.0. The second-order valence-corrected chi connectivity index (χ2v) is 29.0. The first-order chi connectivity index (χ1) is 43.5. The summed E-state index contributed by atoms with van der Waals surface area (Å²) in [6, 6.07) is 0. The van der Waals surface area contributed by atoms with Crippen LogP contribution in [-0.4, -0.2) is 96.7 Å². The van der Waals surface area contributed by atoms with Crippen LogP contribution in [0.5, 0.6) is 0 Å². The van der Waals surface area contributed by atoms with E-state index in [0.29, 0.717) is 25.7 Å². The van der Waals surface area contributed by atoms with Gasteiger partial charge in [0, 0.05) is 25.7 Å². The molecule has 0 aromatic heterocycles. The summed E-state index contributed by atoms with van der Waals surface area (Å²) in [5.41, 5.74) is 0. The lowest BCUT2D eigenvalue weighted by Crippen LogP contribution is -2.30. The summed E-state index contributed by atoms with van der Waals surface area (Å²) in [6.07, 6.45) is 51.4. The lowest BCUT2D eigenvalue weighted by atomic mass is 10.0. The topological polar surface area (TPSA) is 237 Å². The van der Waals surface area contributed by atoms with E-state index in [4.69, 9.17) is 37.0 Å². The van der Waals surface area contributed by atoms with E-state index in [-0.39, 0.29) is 25.7 Å². The fraction of sp³-hybridized carbons (Fsp3) is 0.944. The predicted octanol–water partition coefficient (Wildman–Crippen LogP) is 20.5. The molecule has 0 spiro atoms. The van der Waals surface area contributed by atoms with Crippen molar-refractivity contribution in [2.45, 2.75) is 387 Å². The van der Waals surface area contributed by atoms with Crippen LogP contribution < -0.4 is 0 Å². The van der Waals surface area contributed by atoms with Gasteiger partial charge in [0.1, 0.15) is 19.3 Å². The molecule has 0 fully saturated rings. The minimum absolute atomic E-state index is 0.106. The maximum absolute atomic E-state index is 13.0. The van der Waals surface area contributed by atoms with E-state index in [1.165, 1.54) is 180 Å². The van der Waals surface area contributed by atoms with Crippen LogP contribution in [0.2, 0.25) is 0 Å². The number of carbonyl (C=O) groups is 4. The third-order valence-electron chi connectivity index (χ3n) is 16.5. The van der Waals surface area contributed by atoms with Gasteiger partial charge < -0.3 is 33.8 Å². The molecule has 5 atom stereocenters. The minimum atomic E-state index is -4.95. The minimum Gasteiger partial charge on any atom is -0.462 e. The van der Waals surface area contributed by atoms with Crippen molar-refractivity contribution in [3.05, 3.63) is 0 Å². The largest absolute Gasteiger partial charge is 0.472 e. The SMILES string of the molecule is CCCCCCCCCCCCCCCCC(=O)OC[C@H](COP(=O)(O)OC[C@@H](O)COP(=O)(O)OC[C@@H](COC(=O)CCCCCCCCC)OC(=O)CCCCCCCCCCCC)OC(=O)CCCCCCCCCCCCCCCCCCC(C)C. The monoisotopic (exact) mass is 1320 g/mol. The van der Waals surface area contributed by atoms with E-state index in [1.54, 1.807) is 0 Å². The van der Waals surface area contributed by atoms with Crippen LogP contribution in [0.1, 0.15) is 369 Å². The summed E-state index contributed by atoms with van der Waals surface area (Å²) < 4.78 is 68.2. The van der Waals surface area contributed by atoms with Gasteiger partial charge in [-0.25, -0.2) is 9.13 Å². The fourth-order valence-corrected chi connectivity index (χ4v) is 12.4. The molecule has 534 valence electrons. The number of aliphatic hydroxyl groups is 1. The Kier molecular flexibility index (Phi) is 63.0. The lowest BCUT2D eigenvalue weighted by molar-refractivity contribution is -0.161. The number of esters is 4. The number of hydrogen-bond acceptors (Lipinski definition) is 15. The molecule has 0 aliphatic rings. The second-order valence-electron chi connectivity index (χ2n) is 26.1. The molecule has 0 aliphatic heterocycles. The third kappa shape index (κ3) is 64.8. The molecule has 2 unspecified atom stereocenters. The van der Waals surface area contributed by atoms with Crippen LogP contribution in [-0.2, 0) is 65.4 Å². The van der Waals surface area contributed by atoms with E-state index in [1.807, 2.05) is 0 Å². The molecular weight excluding hydrogens is 1190 g/mol. The van der Waals surface area contributed by atoms with Gasteiger partial charge in [-0.05, 0) is 31.6 Å². The quantitative estimate of drug-likeness (QED) is 0.0222. The van der Waals surface area contributed by atoms with Gasteiger partial charge in [0.15, 0.2) is 12.2 Å². The van der Waals surface area contributed by atoms with Crippen LogP contribution >= 0.6 is 15.6 Å². The molecule has 90 heavy (non-hydrogen) atoms. The molecule has 0 aliphatic carbocycles. The highest BCUT2D eigenvalue weighted by molar-refractivity contribution is 7.47. The van der Waals surface area contributed by atoms with Gasteiger partial charge in [0.2, 0.25) is 0 Å². The first-order valence-electron chi connectivity index (χ1n) is 37.1. The zero-order chi connectivity index (χ0) is 66.3. The van der Waals surface area contributed by atoms with Crippen molar-refractivity contribution >= 4 is 39.5 Å². The Bertz CT molecular complexity index is 1740. The van der Waals surface area contributed by atoms with Crippen molar-refractivity contribution < 1.29 is 80.2 Å². The lowest BCUT2D eigenvalue weighted by Gasteiger charge is -2.21. The zero-order valence-electron chi connectivity index (χ0n) is 58.3. The third-order valence-corrected chi connectivity index (χ3v) is 18.4. The van der Waals surface area contributed by atoms with E-state index in [9.17, 15) is 43.2 Å². The summed E-state index contributed by atoms with van der Waals surface area (Å²) >= 11 is 0. The summed E-state index contributed by atoms with van der Waals surface area (Å²) in [4.78, 5) is 72.4. The smallest absolute Gasteiger partial charge is 0.462 e. The molecular formula is C71H138O17P2. The number of phosphoric acid groups is 2. The zero-order valence-corrected chi connectivity index (χ0v) is 60.1. The van der Waals surface area contributed by atoms with Crippen LogP contribution in [0.3, 0.4) is 0 Å². The fourth-order valence-electron chi connectivity index (χ4n) is 10.8. The number of unbranched alkanes of at least 4 members (excludes halogenated alkanes) is 43. The van der Waals surface area contributed by atoms with E-state index < -0.39 is 97.5 Å². The molecule has 19 heteroatoms. The van der Waals surface area contributed by atoms with Gasteiger partial charge in [-0.2, -0.15) is 0 Å². The van der Waals surface area contributed by atoms with E-state index in [0.717, 1.165) is 109 Å². The Morgan fingerprint density at radius 3 is 0.756 bits per heavy atom. The molecule has 0 radical (unpaired) electrons. The molecule has 0 rings (SSSR count). The van der Waals surface area contributed by atoms with Crippen LogP contribution in [0.25, 0.3) is 0 Å². The Morgan fingerprint density at radius 1 is 0.300 bits per heavy atom. The Morgan fingerprint density at radius 2 is 0.511 bits per heavy atom. The Balaban J connectivity index is 5.17. The summed E-state index contributed by atoms with van der Waals surface area (Å²) in [6.45, 7) is 7.24. The average molecular weight is 1330 g/mol. The number of aliphatic hydroxyl groups excluding tert-OH is 1. The average Bonchev–Trinajstić information content (AvgIpc) is 3.60. The number of phosphoric ester groups is 2. The van der Waals surface area contributed by atoms with E-state index >= 15 is 0 Å². The predicted molar refractivity (Wildman–Crippen MR) is 363 cm³/mol. The highest BCUT2D eigenvalue weighted by Crippen LogP contribution is 2.45. The molecule has 3 N–H and O–H groups in total. The van der Waals surface area contributed by atoms with Crippen molar-refractivity contribution in [1.82, 2.24) is 0 Å². The first-order valence-corrected chi connectivity index (χ1v) is 40.1. The van der Waals surface area contributed by atoms with Crippen molar-refractivity contribution in [2.75, 3.05) is 39.6 Å². The highest BCUT2D eigenvalue weighted by Gasteiger charge is 2.30. The van der Waals surface area contributed by atoms with Crippen molar-refractivity contribution in [2.24, 2.45) is 5.92 Å². The van der Waals surface area contributed by atoms with Gasteiger partial charge in [-0.1, -0.05) is 317 Å². The number of ether oxygens (including phenoxy) is 4. The van der Waals surface area contributed by atoms with Crippen LogP contribution in [0, 0.1) is 5.92 Å². The molecule has 0 amide bonds. The molecule has 0 saturated heterocycles. The van der Waals surface area contributed by atoms with Crippen LogP contribution in [0.4, 0.5) is 0 Å². The molecule has 0 aromatic rings. The van der Waals surface area contributed by atoms with E-state index in [2.05, 4.69) is 34.6 Å². The Hall–Kier alpha value is -1.94. The number of hydrogen-bond donors (Lipinski definition) is 3. The number of rotatable bonds is 71. The van der Waals surface area contributed by atoms with Crippen molar-refractivity contribution in [3.63, 3.8) is 0 Å². The summed E-state index contributed by atoms with van der Waals surface area (Å²) in [7, 11) is -9.89. The normalized spacial score (nSPS) is 14.1. The van der Waals surface area contributed by atoms with Gasteiger partial charge in [-0.3, -0.25) is 37.3 Å². The highest BCUT2D eigenvalue weighted by atomic mass is 31.2. The van der Waals surface area contributed by atoms with Crippen LogP contribution in [0.15, 0.2) is 0 Å². The molecule has 0 saturated carbocycles. The van der Waals surface area contributed by atoms with Gasteiger partial charge in [0.25, 0.3) is 0 Å². The molecule has 0 bridgehead atoms. The Labute approximate surface area is 549 Å². The molecule has 0 aromatic carbocycles. The summed E-state index contributed by atoms with van der Waals surface area (Å²) in [5, 5.41) is 10.6. The first kappa shape index (κ1) is 88.1. The number of carbonyl (C=O) groups excluding carboxylic acids is 4. The van der Waals surface area contributed by atoms with Gasteiger partial charge in [0.05, 0.1) is 26.4 Å². The maximum Gasteiger partial charge on any atom is 0.472 e. The second kappa shape index (κ2) is 64.4. The van der Waals surface area contributed by atoms with Crippen molar-refractivity contribution in [1.29, 1.82) is 0 Å². The molecule has 0 heterocycles. The standard InChI is InChI=1S/C71H138O17P2/c1-6-9-12-15-18-20-22-23-29-32-36-40-45-50-55-69(74)82-61-67(88-71(76)57-52-47-42-37-33-30-27-25-24-26-28-31-34-39-43-48-53-64(4)5)63-86-90(79,80)84-59-65(72)58-83-89(77,78)85-62-66(60-81-68(73)54-49-44-38-17-14-11-8-3)87-70(75)56-51-46-41-35-21-19-16-13-10-7-2/h64-67,72H,6-63H2,1-5H3,(H,77,78)(H,79,80)/t65-,66+,67+/m0/s1. The molecule has 17 nitrogen and oxygen atoms in total. The van der Waals surface area contributed by atoms with Gasteiger partial charge >= 0.3 is 39.5 Å². The summed E-state index contributed by atoms with van der Waals surface area (Å²) in [5.74, 6) is -1.32. The van der Waals surface area contributed by atoms with Crippen molar-refractivity contribution in [3.8, 4) is 0 Å².